The summed E-state index contributed by atoms with van der Waals surface area (Å²) in [5, 5.41) is 0. The fraction of sp³-hybridized carbons (Fsp3) is 0. The molecule has 6 heteroatoms. The molecule has 0 heterocycles. The summed E-state index contributed by atoms with van der Waals surface area (Å²) >= 11 is 0. The van der Waals surface area contributed by atoms with E-state index in [4.69, 9.17) is 14.4 Å². The van der Waals surface area contributed by atoms with Crippen LogP contribution in [0.2, 0.25) is 0 Å². The fourth-order valence-electron chi connectivity index (χ4n) is 0. The maximum absolute atomic E-state index is 8.48. The van der Waals surface area contributed by atoms with E-state index in [1.54, 1.807) is 0 Å². The number of hydrogen-bond donors (Lipinski definition) is 0. The zero-order valence-electron chi connectivity index (χ0n) is 3.67. The molecule has 0 saturated carbocycles. The summed E-state index contributed by atoms with van der Waals surface area (Å²) in [4.78, 5) is 17.0. The third kappa shape index (κ3) is 24.2. The Labute approximate surface area is 154 Å². The minimum absolute atomic E-state index is 0. The predicted octanol–water partition coefficient (Wildman–Crippen LogP) is -7.63. The van der Waals surface area contributed by atoms with E-state index >= 15 is 0 Å². The molecule has 0 atom stereocenters. The molecule has 0 rings (SSSR count). The molecule has 6 heavy (non-hydrogen) atoms. The van der Waals surface area contributed by atoms with Gasteiger partial charge in [-0.25, -0.2) is 0 Å². The van der Waals surface area contributed by atoms with Gasteiger partial charge in [0.05, 0.1) is 0 Å². The van der Waals surface area contributed by atoms with Crippen LogP contribution in [0.25, 0.3) is 0 Å². The van der Waals surface area contributed by atoms with Gasteiger partial charge in [0.2, 0.25) is 0 Å². The largest absolute Gasteiger partial charge is 1.00 e. The van der Waals surface area contributed by atoms with Crippen molar-refractivity contribution in [2.45, 2.75) is 0 Å². The van der Waals surface area contributed by atoms with E-state index < -0.39 is 8.25 Å². The SMILES string of the molecule is O=[P+]([O-])[O-].[Cs+].[Cs+]. The van der Waals surface area contributed by atoms with Gasteiger partial charge in [0.25, 0.3) is 8.25 Å². The van der Waals surface area contributed by atoms with Crippen LogP contribution in [0.15, 0.2) is 0 Å². The summed E-state index contributed by atoms with van der Waals surface area (Å²) in [5.41, 5.74) is 0. The van der Waals surface area contributed by atoms with Gasteiger partial charge in [-0.2, -0.15) is 0 Å². The molecule has 0 fully saturated rings. The van der Waals surface area contributed by atoms with E-state index in [1.807, 2.05) is 0 Å². The molecule has 0 amide bonds. The minimum Gasteiger partial charge on any atom is -0.598 e. The molecule has 0 bridgehead atoms. The summed E-state index contributed by atoms with van der Waals surface area (Å²) in [5.74, 6) is 0. The van der Waals surface area contributed by atoms with Gasteiger partial charge in [0.15, 0.2) is 0 Å². The Balaban J connectivity index is -0.0000000450. The average molecular weight is 345 g/mol. The summed E-state index contributed by atoms with van der Waals surface area (Å²) in [7, 11) is -3.37. The van der Waals surface area contributed by atoms with E-state index in [1.165, 1.54) is 0 Å². The van der Waals surface area contributed by atoms with Crippen LogP contribution in [0, 0.1) is 0 Å². The van der Waals surface area contributed by atoms with Gasteiger partial charge >= 0.3 is 138 Å². The molecule has 0 radical (unpaired) electrons. The molecule has 0 aliphatic heterocycles. The fourth-order valence-corrected chi connectivity index (χ4v) is 0. The Morgan fingerprint density at radius 1 is 1.17 bits per heavy atom. The van der Waals surface area contributed by atoms with E-state index in [0.717, 1.165) is 0 Å². The Morgan fingerprint density at radius 3 is 1.17 bits per heavy atom. The Kier molecular flexibility index (Phi) is 32.8. The zero-order valence-corrected chi connectivity index (χ0v) is 17.1. The molecule has 0 aliphatic carbocycles. The second-order valence-electron chi connectivity index (χ2n) is 0.224. The van der Waals surface area contributed by atoms with Crippen LogP contribution in [0.1, 0.15) is 0 Å². The van der Waals surface area contributed by atoms with Crippen molar-refractivity contribution in [3.8, 4) is 0 Å². The third-order valence-electron chi connectivity index (χ3n) is 0. The van der Waals surface area contributed by atoms with E-state index in [0.29, 0.717) is 0 Å². The van der Waals surface area contributed by atoms with E-state index in [2.05, 4.69) is 0 Å². The Hall–Kier alpha value is 4.12. The van der Waals surface area contributed by atoms with Crippen molar-refractivity contribution < 1.29 is 152 Å². The van der Waals surface area contributed by atoms with Crippen molar-refractivity contribution in [2.75, 3.05) is 0 Å². The minimum atomic E-state index is -3.37. The van der Waals surface area contributed by atoms with E-state index in [9.17, 15) is 0 Å². The van der Waals surface area contributed by atoms with Gasteiger partial charge in [-0.05, 0) is 0 Å². The van der Waals surface area contributed by atoms with Crippen molar-refractivity contribution in [3.05, 3.63) is 0 Å². The van der Waals surface area contributed by atoms with Crippen molar-refractivity contribution in [3.63, 3.8) is 0 Å². The first-order chi connectivity index (χ1) is 1.73. The molecule has 0 aromatic heterocycles. The van der Waals surface area contributed by atoms with Crippen LogP contribution in [-0.4, -0.2) is 0 Å². The zero-order chi connectivity index (χ0) is 3.58. The molecule has 0 aromatic carbocycles. The standard InChI is InChI=1S/2Cs.HO3P/c;;1-4(2)3/h;;(H,1,2,3)/q2*+1;/p-1. The molecule has 0 N–H and O–H groups in total. The molecular weight excluding hydrogens is 345 g/mol. The molecule has 0 aromatic rings. The van der Waals surface area contributed by atoms with Crippen LogP contribution in [0.4, 0.5) is 0 Å². The van der Waals surface area contributed by atoms with Gasteiger partial charge in [0, 0.05) is 0 Å². The second kappa shape index (κ2) is 11.9. The van der Waals surface area contributed by atoms with Crippen molar-refractivity contribution in [1.82, 2.24) is 0 Å². The summed E-state index contributed by atoms with van der Waals surface area (Å²) in [6, 6.07) is 0. The van der Waals surface area contributed by atoms with Crippen molar-refractivity contribution in [2.24, 2.45) is 0 Å². The third-order valence-corrected chi connectivity index (χ3v) is 0. The molecule has 0 aliphatic rings. The Bertz CT molecular complexity index is 31.8. The van der Waals surface area contributed by atoms with Crippen molar-refractivity contribution in [1.29, 1.82) is 0 Å². The van der Waals surface area contributed by atoms with Crippen LogP contribution in [0.3, 0.4) is 0 Å². The van der Waals surface area contributed by atoms with Crippen LogP contribution < -0.4 is 148 Å². The summed E-state index contributed by atoms with van der Waals surface area (Å²) in [6.07, 6.45) is 0. The quantitative estimate of drug-likeness (QED) is 0.410. The second-order valence-corrected chi connectivity index (χ2v) is 0.671. The van der Waals surface area contributed by atoms with E-state index in [-0.39, 0.29) is 138 Å². The van der Waals surface area contributed by atoms with Gasteiger partial charge in [-0.3, -0.25) is 0 Å². The normalized spacial score (nSPS) is 4.33. The summed E-state index contributed by atoms with van der Waals surface area (Å²) in [6.45, 7) is 0. The molecule has 0 spiro atoms. The molecular formula is Cs2O3P+. The first-order valence-electron chi connectivity index (χ1n) is 0.548. The molecule has 24 valence electrons. The maximum Gasteiger partial charge on any atom is 1.00 e. The molecule has 0 saturated heterocycles. The summed E-state index contributed by atoms with van der Waals surface area (Å²) < 4.78 is 8.48. The van der Waals surface area contributed by atoms with Gasteiger partial charge < -0.3 is 9.79 Å². The topological polar surface area (TPSA) is 63.2 Å². The first-order valence-corrected chi connectivity index (χ1v) is 1.64. The molecule has 3 nitrogen and oxygen atoms in total. The predicted molar refractivity (Wildman–Crippen MR) is 7.61 cm³/mol. The average Bonchev–Trinajstić information content (AvgIpc) is 0.811. The monoisotopic (exact) mass is 345 g/mol. The van der Waals surface area contributed by atoms with Crippen LogP contribution >= 0.6 is 8.25 Å². The number of hydrogen-bond acceptors (Lipinski definition) is 3. The maximum atomic E-state index is 8.48. The first kappa shape index (κ1) is 16.6. The van der Waals surface area contributed by atoms with Gasteiger partial charge in [-0.1, -0.05) is 4.57 Å². The van der Waals surface area contributed by atoms with Gasteiger partial charge in [0.1, 0.15) is 0 Å². The van der Waals surface area contributed by atoms with Gasteiger partial charge in [-0.15, -0.1) is 0 Å². The number of rotatable bonds is 0. The smallest absolute Gasteiger partial charge is 0.598 e. The Morgan fingerprint density at radius 2 is 1.17 bits per heavy atom. The van der Waals surface area contributed by atoms with Crippen LogP contribution in [0.5, 0.6) is 0 Å². The molecule has 0 unspecified atom stereocenters. The van der Waals surface area contributed by atoms with Crippen LogP contribution in [-0.2, 0) is 4.57 Å². The van der Waals surface area contributed by atoms with Crippen molar-refractivity contribution >= 4 is 8.25 Å².